The Bertz CT molecular complexity index is 1270. The molecule has 0 fully saturated rings. The van der Waals surface area contributed by atoms with Gasteiger partial charge in [0.1, 0.15) is 5.75 Å². The number of fused-ring (bicyclic) bond motifs is 1. The third-order valence-corrected chi connectivity index (χ3v) is 5.71. The molecule has 162 valence electrons. The molecule has 0 N–H and O–H groups in total. The van der Waals surface area contributed by atoms with Crippen molar-refractivity contribution in [2.24, 2.45) is 5.10 Å². The number of ether oxygens (including phenoxy) is 3. The monoisotopic (exact) mass is 447 g/mol. The first-order chi connectivity index (χ1) is 15.6. The number of methoxy groups -OCH3 is 3. The zero-order chi connectivity index (χ0) is 22.5. The lowest BCUT2D eigenvalue weighted by atomic mass is 10.1. The van der Waals surface area contributed by atoms with Crippen molar-refractivity contribution in [1.82, 2.24) is 4.98 Å². The van der Waals surface area contributed by atoms with Crippen LogP contribution in [0.25, 0.3) is 10.2 Å². The Morgan fingerprint density at radius 1 is 0.969 bits per heavy atom. The van der Waals surface area contributed by atoms with E-state index < -0.39 is 0 Å². The molecule has 1 amide bonds. The predicted octanol–water partition coefficient (Wildman–Crippen LogP) is 5.00. The average Bonchev–Trinajstić information content (AvgIpc) is 3.26. The lowest BCUT2D eigenvalue weighted by molar-refractivity contribution is 0.0984. The van der Waals surface area contributed by atoms with Crippen molar-refractivity contribution in [2.75, 3.05) is 26.3 Å². The molecule has 32 heavy (non-hydrogen) atoms. The number of carbonyl (C=O) groups is 1. The summed E-state index contributed by atoms with van der Waals surface area (Å²) in [7, 11) is 4.63. The van der Waals surface area contributed by atoms with Gasteiger partial charge in [0, 0.05) is 0 Å². The molecular weight excluding hydrogens is 426 g/mol. The van der Waals surface area contributed by atoms with Crippen molar-refractivity contribution < 1.29 is 19.0 Å². The zero-order valence-corrected chi connectivity index (χ0v) is 18.6. The molecule has 3 aromatic carbocycles. The minimum Gasteiger partial charge on any atom is -0.497 e. The predicted molar refractivity (Wildman–Crippen MR) is 127 cm³/mol. The van der Waals surface area contributed by atoms with Crippen LogP contribution in [0.5, 0.6) is 17.2 Å². The largest absolute Gasteiger partial charge is 0.497 e. The van der Waals surface area contributed by atoms with Gasteiger partial charge >= 0.3 is 0 Å². The Balaban J connectivity index is 1.81. The van der Waals surface area contributed by atoms with Crippen LogP contribution in [0.4, 0.5) is 5.13 Å². The highest BCUT2D eigenvalue weighted by molar-refractivity contribution is 7.22. The fourth-order valence-electron chi connectivity index (χ4n) is 3.13. The van der Waals surface area contributed by atoms with Gasteiger partial charge in [-0.2, -0.15) is 10.1 Å². The van der Waals surface area contributed by atoms with Gasteiger partial charge in [0.15, 0.2) is 11.5 Å². The number of hydrogen-bond donors (Lipinski definition) is 0. The quantitative estimate of drug-likeness (QED) is 0.294. The number of nitrogens with zero attached hydrogens (tertiary/aromatic N) is 3. The number of hydrogen-bond acceptors (Lipinski definition) is 7. The summed E-state index contributed by atoms with van der Waals surface area (Å²) in [4.78, 5) is 18.3. The number of aromatic nitrogens is 1. The highest BCUT2D eigenvalue weighted by Gasteiger charge is 2.25. The molecule has 0 aliphatic carbocycles. The molecular formula is C24H21N3O4S. The molecule has 7 nitrogen and oxygen atoms in total. The zero-order valence-electron chi connectivity index (χ0n) is 17.8. The summed E-state index contributed by atoms with van der Waals surface area (Å²) < 4.78 is 17.0. The smallest absolute Gasteiger partial charge is 0.284 e. The van der Waals surface area contributed by atoms with Crippen molar-refractivity contribution in [2.45, 2.75) is 0 Å². The summed E-state index contributed by atoms with van der Waals surface area (Å²) >= 11 is 1.34. The lowest BCUT2D eigenvalue weighted by Crippen LogP contribution is -2.26. The summed E-state index contributed by atoms with van der Waals surface area (Å²) in [5, 5.41) is 6.19. The fourth-order valence-corrected chi connectivity index (χ4v) is 4.08. The molecule has 0 radical (unpaired) electrons. The molecule has 4 aromatic rings. The van der Waals surface area contributed by atoms with E-state index in [9.17, 15) is 4.79 Å². The lowest BCUT2D eigenvalue weighted by Gasteiger charge is -2.17. The second kappa shape index (κ2) is 9.49. The van der Waals surface area contributed by atoms with Crippen LogP contribution in [0.3, 0.4) is 0 Å². The maximum absolute atomic E-state index is 13.6. The van der Waals surface area contributed by atoms with Crippen LogP contribution in [0.15, 0.2) is 71.8 Å². The Labute approximate surface area is 189 Å². The molecule has 0 saturated carbocycles. The van der Waals surface area contributed by atoms with E-state index >= 15 is 0 Å². The van der Waals surface area contributed by atoms with Gasteiger partial charge in [0.2, 0.25) is 5.13 Å². The Morgan fingerprint density at radius 2 is 1.78 bits per heavy atom. The minimum atomic E-state index is -0.390. The van der Waals surface area contributed by atoms with Crippen molar-refractivity contribution in [3.63, 3.8) is 0 Å². The van der Waals surface area contributed by atoms with Gasteiger partial charge in [-0.3, -0.25) is 4.79 Å². The molecule has 8 heteroatoms. The SMILES string of the molecule is COc1ccc2nc(N(/N=C/c3ccccc3)C(=O)c3cccc(OC)c3OC)sc2c1. The third-order valence-electron chi connectivity index (χ3n) is 4.71. The number of hydrazone groups is 1. The van der Waals surface area contributed by atoms with Crippen LogP contribution in [0.2, 0.25) is 0 Å². The Kier molecular flexibility index (Phi) is 6.32. The maximum atomic E-state index is 13.6. The number of rotatable bonds is 7. The van der Waals surface area contributed by atoms with Crippen LogP contribution in [0.1, 0.15) is 15.9 Å². The number of para-hydroxylation sites is 1. The molecule has 0 aliphatic heterocycles. The van der Waals surface area contributed by atoms with E-state index in [0.29, 0.717) is 27.9 Å². The molecule has 0 aliphatic rings. The van der Waals surface area contributed by atoms with E-state index in [1.165, 1.54) is 30.6 Å². The van der Waals surface area contributed by atoms with E-state index in [2.05, 4.69) is 10.1 Å². The van der Waals surface area contributed by atoms with E-state index in [4.69, 9.17) is 14.2 Å². The topological polar surface area (TPSA) is 73.2 Å². The van der Waals surface area contributed by atoms with Crippen molar-refractivity contribution in [3.05, 3.63) is 77.9 Å². The van der Waals surface area contributed by atoms with E-state index in [-0.39, 0.29) is 5.91 Å². The number of thiazole rings is 1. The number of anilines is 1. The molecule has 0 saturated heterocycles. The standard InChI is InChI=1S/C24H21N3O4S/c1-29-17-12-13-19-21(14-17)32-24(26-19)27(25-15-16-8-5-4-6-9-16)23(28)18-10-7-11-20(30-2)22(18)31-3/h4-15H,1-3H3/b25-15+. The Hall–Kier alpha value is -3.91. The fraction of sp³-hybridized carbons (Fsp3) is 0.125. The second-order valence-electron chi connectivity index (χ2n) is 6.64. The van der Waals surface area contributed by atoms with Crippen LogP contribution >= 0.6 is 11.3 Å². The van der Waals surface area contributed by atoms with Gasteiger partial charge in [-0.05, 0) is 35.9 Å². The first-order valence-corrected chi connectivity index (χ1v) is 10.6. The van der Waals surface area contributed by atoms with Crippen molar-refractivity contribution >= 4 is 38.8 Å². The first kappa shape index (κ1) is 21.3. The summed E-state index contributed by atoms with van der Waals surface area (Å²) in [5.41, 5.74) is 1.91. The van der Waals surface area contributed by atoms with Crippen LogP contribution in [-0.4, -0.2) is 38.4 Å². The molecule has 0 unspecified atom stereocenters. The van der Waals surface area contributed by atoms with Gasteiger partial charge in [-0.25, -0.2) is 4.98 Å². The van der Waals surface area contributed by atoms with Crippen molar-refractivity contribution in [3.8, 4) is 17.2 Å². The minimum absolute atomic E-state index is 0.314. The molecule has 0 bridgehead atoms. The Morgan fingerprint density at radius 3 is 2.50 bits per heavy atom. The van der Waals surface area contributed by atoms with E-state index in [1.807, 2.05) is 48.5 Å². The molecule has 4 rings (SSSR count). The summed E-state index contributed by atoms with van der Waals surface area (Å²) in [5.74, 6) is 1.12. The van der Waals surface area contributed by atoms with Crippen LogP contribution < -0.4 is 19.2 Å². The average molecular weight is 448 g/mol. The van der Waals surface area contributed by atoms with Crippen LogP contribution in [0, 0.1) is 0 Å². The first-order valence-electron chi connectivity index (χ1n) is 9.73. The summed E-state index contributed by atoms with van der Waals surface area (Å²) in [6.45, 7) is 0. The second-order valence-corrected chi connectivity index (χ2v) is 7.65. The summed E-state index contributed by atoms with van der Waals surface area (Å²) in [6, 6.07) is 20.2. The molecule has 0 atom stereocenters. The molecule has 0 spiro atoms. The van der Waals surface area contributed by atoms with E-state index in [1.54, 1.807) is 31.5 Å². The molecule has 1 aromatic heterocycles. The molecule has 1 heterocycles. The van der Waals surface area contributed by atoms with Gasteiger partial charge in [0.05, 0.1) is 43.3 Å². The van der Waals surface area contributed by atoms with Gasteiger partial charge < -0.3 is 14.2 Å². The normalized spacial score (nSPS) is 11.0. The summed E-state index contributed by atoms with van der Waals surface area (Å²) in [6.07, 6.45) is 1.62. The highest BCUT2D eigenvalue weighted by atomic mass is 32.1. The number of carbonyl (C=O) groups excluding carboxylic acids is 1. The number of amides is 1. The van der Waals surface area contributed by atoms with E-state index in [0.717, 1.165) is 15.8 Å². The van der Waals surface area contributed by atoms with Gasteiger partial charge in [0.25, 0.3) is 5.91 Å². The van der Waals surface area contributed by atoms with Gasteiger partial charge in [-0.15, -0.1) is 0 Å². The third kappa shape index (κ3) is 4.26. The van der Waals surface area contributed by atoms with Crippen LogP contribution in [-0.2, 0) is 0 Å². The maximum Gasteiger partial charge on any atom is 0.284 e. The van der Waals surface area contributed by atoms with Crippen molar-refractivity contribution in [1.29, 1.82) is 0 Å². The number of benzene rings is 3. The highest BCUT2D eigenvalue weighted by Crippen LogP contribution is 2.35. The van der Waals surface area contributed by atoms with Gasteiger partial charge in [-0.1, -0.05) is 47.7 Å².